The number of hydrogen-bond acceptors (Lipinski definition) is 4. The molecule has 5 nitrogen and oxygen atoms in total. The number of carbonyl (C=O) groups excluding carboxylic acids is 1. The van der Waals surface area contributed by atoms with Crippen molar-refractivity contribution in [3.05, 3.63) is 45.7 Å². The fourth-order valence-corrected chi connectivity index (χ4v) is 2.14. The Balaban J connectivity index is 2.19. The van der Waals surface area contributed by atoms with Gasteiger partial charge in [-0.3, -0.25) is 4.79 Å². The number of hydrogen-bond donors (Lipinski definition) is 2. The van der Waals surface area contributed by atoms with Crippen LogP contribution in [0, 0.1) is 6.92 Å². The van der Waals surface area contributed by atoms with Gasteiger partial charge in [0, 0.05) is 17.4 Å². The van der Waals surface area contributed by atoms with Crippen LogP contribution < -0.4 is 10.6 Å². The lowest BCUT2D eigenvalue weighted by atomic mass is 10.2. The Morgan fingerprint density at radius 1 is 1.22 bits per heavy atom. The molecule has 0 radical (unpaired) electrons. The molecule has 0 saturated heterocycles. The number of aryl methyl sites for hydroxylation is 1. The molecule has 1 unspecified atom stereocenters. The van der Waals surface area contributed by atoms with Crippen molar-refractivity contribution in [2.24, 2.45) is 0 Å². The molecule has 2 N–H and O–H groups in total. The second-order valence-corrected chi connectivity index (χ2v) is 6.07. The summed E-state index contributed by atoms with van der Waals surface area (Å²) in [5.41, 5.74) is 1.55. The first kappa shape index (κ1) is 17.5. The van der Waals surface area contributed by atoms with Crippen molar-refractivity contribution in [3.8, 4) is 0 Å². The highest BCUT2D eigenvalue weighted by Crippen LogP contribution is 2.25. The van der Waals surface area contributed by atoms with Gasteiger partial charge in [0.15, 0.2) is 0 Å². The van der Waals surface area contributed by atoms with Gasteiger partial charge < -0.3 is 10.6 Å². The van der Waals surface area contributed by atoms with Crippen LogP contribution in [0.2, 0.25) is 10.0 Å². The molecule has 1 heterocycles. The van der Waals surface area contributed by atoms with E-state index in [9.17, 15) is 4.79 Å². The lowest BCUT2D eigenvalue weighted by Gasteiger charge is -2.13. The predicted octanol–water partition coefficient (Wildman–Crippen LogP) is 4.55. The van der Waals surface area contributed by atoms with Gasteiger partial charge in [0.1, 0.15) is 5.69 Å². The minimum Gasteiger partial charge on any atom is -0.352 e. The highest BCUT2D eigenvalue weighted by Gasteiger charge is 2.12. The molecule has 1 aromatic carbocycles. The SMILES string of the molecule is CCC(C)Nc1nc(C)cc(C(=O)Nc2ccc(Cl)c(Cl)c2)n1. The molecule has 0 saturated carbocycles. The third kappa shape index (κ3) is 4.81. The topological polar surface area (TPSA) is 66.9 Å². The molecular formula is C16H18Cl2N4O. The zero-order valence-electron chi connectivity index (χ0n) is 13.2. The zero-order valence-corrected chi connectivity index (χ0v) is 14.7. The fraction of sp³-hybridized carbons (Fsp3) is 0.312. The van der Waals surface area contributed by atoms with E-state index in [0.717, 1.165) is 6.42 Å². The molecule has 1 amide bonds. The van der Waals surface area contributed by atoms with E-state index in [1.165, 1.54) is 0 Å². The van der Waals surface area contributed by atoms with Crippen molar-refractivity contribution in [1.82, 2.24) is 9.97 Å². The molecular weight excluding hydrogens is 335 g/mol. The molecule has 2 aromatic rings. The van der Waals surface area contributed by atoms with Crippen LogP contribution in [0.3, 0.4) is 0 Å². The number of carbonyl (C=O) groups is 1. The average molecular weight is 353 g/mol. The van der Waals surface area contributed by atoms with Crippen LogP contribution in [-0.4, -0.2) is 21.9 Å². The largest absolute Gasteiger partial charge is 0.352 e. The Kier molecular flexibility index (Phi) is 5.80. The van der Waals surface area contributed by atoms with Gasteiger partial charge in [-0.25, -0.2) is 9.97 Å². The number of rotatable bonds is 5. The minimum absolute atomic E-state index is 0.225. The van der Waals surface area contributed by atoms with E-state index in [1.54, 1.807) is 24.3 Å². The van der Waals surface area contributed by atoms with Gasteiger partial charge >= 0.3 is 0 Å². The quantitative estimate of drug-likeness (QED) is 0.827. The van der Waals surface area contributed by atoms with Gasteiger partial charge in [-0.1, -0.05) is 30.1 Å². The highest BCUT2D eigenvalue weighted by molar-refractivity contribution is 6.42. The number of benzene rings is 1. The van der Waals surface area contributed by atoms with E-state index >= 15 is 0 Å². The van der Waals surface area contributed by atoms with E-state index in [0.29, 0.717) is 27.4 Å². The van der Waals surface area contributed by atoms with Crippen molar-refractivity contribution in [1.29, 1.82) is 0 Å². The summed E-state index contributed by atoms with van der Waals surface area (Å²) in [6.45, 7) is 5.91. The van der Waals surface area contributed by atoms with E-state index in [2.05, 4.69) is 27.5 Å². The first-order valence-corrected chi connectivity index (χ1v) is 8.03. The van der Waals surface area contributed by atoms with Crippen molar-refractivity contribution in [2.75, 3.05) is 10.6 Å². The molecule has 7 heteroatoms. The van der Waals surface area contributed by atoms with Crippen LogP contribution >= 0.6 is 23.2 Å². The normalized spacial score (nSPS) is 11.9. The van der Waals surface area contributed by atoms with Gasteiger partial charge in [0.05, 0.1) is 10.0 Å². The summed E-state index contributed by atoms with van der Waals surface area (Å²) < 4.78 is 0. The maximum absolute atomic E-state index is 12.4. The molecule has 0 fully saturated rings. The summed E-state index contributed by atoms with van der Waals surface area (Å²) in [6, 6.07) is 6.75. The Morgan fingerprint density at radius 3 is 2.61 bits per heavy atom. The molecule has 1 atom stereocenters. The summed E-state index contributed by atoms with van der Waals surface area (Å²) >= 11 is 11.8. The minimum atomic E-state index is -0.332. The maximum Gasteiger partial charge on any atom is 0.274 e. The number of halogens is 2. The fourth-order valence-electron chi connectivity index (χ4n) is 1.84. The molecule has 2 rings (SSSR count). The van der Waals surface area contributed by atoms with Crippen molar-refractivity contribution in [2.45, 2.75) is 33.2 Å². The molecule has 0 aliphatic carbocycles. The summed E-state index contributed by atoms with van der Waals surface area (Å²) in [5, 5.41) is 6.73. The Hall–Kier alpha value is -1.85. The van der Waals surface area contributed by atoms with E-state index in [-0.39, 0.29) is 17.6 Å². The summed E-state index contributed by atoms with van der Waals surface area (Å²) in [7, 11) is 0. The Bertz CT molecular complexity index is 721. The molecule has 122 valence electrons. The molecule has 0 spiro atoms. The first-order chi connectivity index (χ1) is 10.9. The number of nitrogens with zero attached hydrogens (tertiary/aromatic N) is 2. The predicted molar refractivity (Wildman–Crippen MR) is 94.6 cm³/mol. The zero-order chi connectivity index (χ0) is 17.0. The van der Waals surface area contributed by atoms with Crippen LogP contribution in [0.1, 0.15) is 36.5 Å². The summed E-state index contributed by atoms with van der Waals surface area (Å²) in [4.78, 5) is 20.9. The molecule has 1 aromatic heterocycles. The third-order valence-electron chi connectivity index (χ3n) is 3.25. The molecule has 23 heavy (non-hydrogen) atoms. The Labute approximate surface area is 145 Å². The van der Waals surface area contributed by atoms with Gasteiger partial charge in [-0.2, -0.15) is 0 Å². The number of amides is 1. The smallest absolute Gasteiger partial charge is 0.274 e. The molecule has 0 bridgehead atoms. The van der Waals surface area contributed by atoms with Crippen LogP contribution in [0.5, 0.6) is 0 Å². The lowest BCUT2D eigenvalue weighted by molar-refractivity contribution is 0.102. The number of anilines is 2. The molecule has 0 aliphatic heterocycles. The third-order valence-corrected chi connectivity index (χ3v) is 3.99. The number of nitrogens with one attached hydrogen (secondary N) is 2. The van der Waals surface area contributed by atoms with Gasteiger partial charge in [0.25, 0.3) is 5.91 Å². The Morgan fingerprint density at radius 2 is 1.96 bits per heavy atom. The van der Waals surface area contributed by atoms with Crippen LogP contribution in [0.4, 0.5) is 11.6 Å². The van der Waals surface area contributed by atoms with Crippen molar-refractivity contribution >= 4 is 40.7 Å². The van der Waals surface area contributed by atoms with Gasteiger partial charge in [-0.15, -0.1) is 0 Å². The lowest BCUT2D eigenvalue weighted by Crippen LogP contribution is -2.19. The summed E-state index contributed by atoms with van der Waals surface area (Å²) in [6.07, 6.45) is 0.933. The van der Waals surface area contributed by atoms with Gasteiger partial charge in [0.2, 0.25) is 5.95 Å². The standard InChI is InChI=1S/C16H18Cl2N4O/c1-4-9(2)19-16-20-10(3)7-14(22-16)15(23)21-11-5-6-12(17)13(18)8-11/h5-9H,4H2,1-3H3,(H,21,23)(H,19,20,22). The molecule has 0 aliphatic rings. The number of aromatic nitrogens is 2. The second kappa shape index (κ2) is 7.62. The van der Waals surface area contributed by atoms with Gasteiger partial charge in [-0.05, 0) is 44.5 Å². The van der Waals surface area contributed by atoms with Crippen molar-refractivity contribution < 1.29 is 4.79 Å². The monoisotopic (exact) mass is 352 g/mol. The van der Waals surface area contributed by atoms with Crippen LogP contribution in [-0.2, 0) is 0 Å². The maximum atomic E-state index is 12.4. The highest BCUT2D eigenvalue weighted by atomic mass is 35.5. The van der Waals surface area contributed by atoms with E-state index in [4.69, 9.17) is 23.2 Å². The average Bonchev–Trinajstić information content (AvgIpc) is 2.50. The second-order valence-electron chi connectivity index (χ2n) is 5.25. The first-order valence-electron chi connectivity index (χ1n) is 7.27. The van der Waals surface area contributed by atoms with E-state index in [1.807, 2.05) is 13.8 Å². The van der Waals surface area contributed by atoms with Crippen LogP contribution in [0.15, 0.2) is 24.3 Å². The van der Waals surface area contributed by atoms with E-state index < -0.39 is 0 Å². The summed E-state index contributed by atoms with van der Waals surface area (Å²) in [5.74, 6) is 0.111. The van der Waals surface area contributed by atoms with Crippen molar-refractivity contribution in [3.63, 3.8) is 0 Å². The van der Waals surface area contributed by atoms with Crippen LogP contribution in [0.25, 0.3) is 0 Å².